The number of pyridine rings is 1. The summed E-state index contributed by atoms with van der Waals surface area (Å²) in [5.74, 6) is 2.97. The van der Waals surface area contributed by atoms with Crippen molar-refractivity contribution < 1.29 is 8.83 Å². The molecule has 3 nitrogen and oxygen atoms in total. The lowest BCUT2D eigenvalue weighted by molar-refractivity contribution is 0.521. The first kappa shape index (κ1) is 16.3. The van der Waals surface area contributed by atoms with Crippen LogP contribution in [0.25, 0.3) is 22.1 Å². The van der Waals surface area contributed by atoms with E-state index < -0.39 is 0 Å². The summed E-state index contributed by atoms with van der Waals surface area (Å²) in [5, 5.41) is 1.20. The molecule has 0 amide bonds. The molecule has 24 heavy (non-hydrogen) atoms. The SMILES string of the molecule is CC(C)c1cc2ccccc2o1.CC(C)c1cc2ncccc2o1. The molecular formula is C21H23NO2. The van der Waals surface area contributed by atoms with Gasteiger partial charge in [-0.15, -0.1) is 0 Å². The van der Waals surface area contributed by atoms with Crippen molar-refractivity contribution in [1.82, 2.24) is 4.98 Å². The van der Waals surface area contributed by atoms with Crippen LogP contribution in [0, 0.1) is 0 Å². The Kier molecular flexibility index (Phi) is 4.70. The Morgan fingerprint density at radius 1 is 0.750 bits per heavy atom. The summed E-state index contributed by atoms with van der Waals surface area (Å²) in [6.45, 7) is 8.49. The van der Waals surface area contributed by atoms with E-state index in [2.05, 4.69) is 44.8 Å². The highest BCUT2D eigenvalue weighted by molar-refractivity contribution is 5.77. The average Bonchev–Trinajstić information content (AvgIpc) is 3.19. The van der Waals surface area contributed by atoms with Crippen LogP contribution in [-0.4, -0.2) is 4.98 Å². The van der Waals surface area contributed by atoms with Gasteiger partial charge in [0.15, 0.2) is 5.58 Å². The zero-order valence-corrected chi connectivity index (χ0v) is 14.6. The minimum atomic E-state index is 0.430. The van der Waals surface area contributed by atoms with Crippen LogP contribution in [0.4, 0.5) is 0 Å². The molecule has 3 heteroatoms. The fraction of sp³-hybridized carbons (Fsp3) is 0.286. The summed E-state index contributed by atoms with van der Waals surface area (Å²) in [4.78, 5) is 4.19. The van der Waals surface area contributed by atoms with Gasteiger partial charge in [-0.25, -0.2) is 0 Å². The molecule has 0 unspecified atom stereocenters. The van der Waals surface area contributed by atoms with Crippen molar-refractivity contribution in [3.63, 3.8) is 0 Å². The van der Waals surface area contributed by atoms with E-state index in [0.717, 1.165) is 28.2 Å². The molecule has 0 bridgehead atoms. The van der Waals surface area contributed by atoms with Gasteiger partial charge in [0.2, 0.25) is 0 Å². The van der Waals surface area contributed by atoms with Crippen molar-refractivity contribution in [2.75, 3.05) is 0 Å². The number of aromatic nitrogens is 1. The monoisotopic (exact) mass is 321 g/mol. The van der Waals surface area contributed by atoms with Crippen molar-refractivity contribution >= 4 is 22.1 Å². The molecule has 0 atom stereocenters. The van der Waals surface area contributed by atoms with E-state index in [9.17, 15) is 0 Å². The third kappa shape index (κ3) is 3.51. The molecule has 0 spiro atoms. The van der Waals surface area contributed by atoms with E-state index in [1.54, 1.807) is 6.20 Å². The highest BCUT2D eigenvalue weighted by Gasteiger charge is 2.06. The second-order valence-electron chi connectivity index (χ2n) is 6.53. The largest absolute Gasteiger partial charge is 0.461 e. The number of hydrogen-bond donors (Lipinski definition) is 0. The number of benzene rings is 1. The molecule has 0 saturated heterocycles. The van der Waals surface area contributed by atoms with Gasteiger partial charge < -0.3 is 8.83 Å². The highest BCUT2D eigenvalue weighted by atomic mass is 16.3. The maximum Gasteiger partial charge on any atom is 0.152 e. The number of nitrogens with zero attached hydrogens (tertiary/aromatic N) is 1. The maximum absolute atomic E-state index is 5.63. The molecule has 0 radical (unpaired) electrons. The highest BCUT2D eigenvalue weighted by Crippen LogP contribution is 2.24. The zero-order valence-electron chi connectivity index (χ0n) is 14.6. The molecule has 1 aromatic carbocycles. The molecule has 124 valence electrons. The van der Waals surface area contributed by atoms with Gasteiger partial charge in [0.1, 0.15) is 22.6 Å². The van der Waals surface area contributed by atoms with Crippen LogP contribution < -0.4 is 0 Å². The molecule has 4 aromatic rings. The van der Waals surface area contributed by atoms with Gasteiger partial charge in [-0.3, -0.25) is 4.98 Å². The van der Waals surface area contributed by atoms with Crippen LogP contribution in [0.1, 0.15) is 51.1 Å². The molecule has 0 aliphatic heterocycles. The van der Waals surface area contributed by atoms with Gasteiger partial charge in [-0.2, -0.15) is 0 Å². The fourth-order valence-corrected chi connectivity index (χ4v) is 2.46. The van der Waals surface area contributed by atoms with Gasteiger partial charge in [0.25, 0.3) is 0 Å². The van der Waals surface area contributed by atoms with Crippen LogP contribution in [0.2, 0.25) is 0 Å². The van der Waals surface area contributed by atoms with Crippen molar-refractivity contribution in [2.24, 2.45) is 0 Å². The minimum Gasteiger partial charge on any atom is -0.461 e. The third-order valence-corrected chi connectivity index (χ3v) is 3.89. The van der Waals surface area contributed by atoms with Crippen LogP contribution >= 0.6 is 0 Å². The van der Waals surface area contributed by atoms with E-state index in [0.29, 0.717) is 11.8 Å². The normalized spacial score (nSPS) is 11.2. The fourth-order valence-electron chi connectivity index (χ4n) is 2.46. The predicted octanol–water partition coefficient (Wildman–Crippen LogP) is 6.51. The van der Waals surface area contributed by atoms with Gasteiger partial charge in [0, 0.05) is 29.5 Å². The second kappa shape index (κ2) is 6.91. The first-order valence-electron chi connectivity index (χ1n) is 8.37. The van der Waals surface area contributed by atoms with E-state index in [4.69, 9.17) is 8.83 Å². The summed E-state index contributed by atoms with van der Waals surface area (Å²) < 4.78 is 11.2. The topological polar surface area (TPSA) is 39.2 Å². The zero-order chi connectivity index (χ0) is 17.1. The summed E-state index contributed by atoms with van der Waals surface area (Å²) >= 11 is 0. The molecule has 0 fully saturated rings. The lowest BCUT2D eigenvalue weighted by Crippen LogP contribution is -1.79. The molecule has 3 aromatic heterocycles. The third-order valence-electron chi connectivity index (χ3n) is 3.89. The van der Waals surface area contributed by atoms with E-state index in [1.807, 2.05) is 36.4 Å². The second-order valence-corrected chi connectivity index (χ2v) is 6.53. The van der Waals surface area contributed by atoms with Crippen LogP contribution in [0.15, 0.2) is 63.6 Å². The van der Waals surface area contributed by atoms with Crippen molar-refractivity contribution in [1.29, 1.82) is 0 Å². The van der Waals surface area contributed by atoms with E-state index in [1.165, 1.54) is 5.39 Å². The Bertz CT molecular complexity index is 787. The first-order valence-corrected chi connectivity index (χ1v) is 8.37. The molecular weight excluding hydrogens is 298 g/mol. The smallest absolute Gasteiger partial charge is 0.152 e. The summed E-state index contributed by atoms with van der Waals surface area (Å²) in [6.07, 6.45) is 1.78. The van der Waals surface area contributed by atoms with E-state index >= 15 is 0 Å². The molecule has 0 saturated carbocycles. The van der Waals surface area contributed by atoms with Crippen molar-refractivity contribution in [3.05, 3.63) is 66.2 Å². The Morgan fingerprint density at radius 3 is 2.04 bits per heavy atom. The van der Waals surface area contributed by atoms with Gasteiger partial charge in [0.05, 0.1) is 0 Å². The quantitative estimate of drug-likeness (QED) is 0.422. The Labute approximate surface area is 142 Å². The summed E-state index contributed by atoms with van der Waals surface area (Å²) in [7, 11) is 0. The van der Waals surface area contributed by atoms with Crippen molar-refractivity contribution in [3.8, 4) is 0 Å². The standard InChI is InChI=1S/C11H12O.C10H11NO/c1-8(2)11-7-9-5-3-4-6-10(9)12-11;1-7(2)10-6-8-9(12-10)4-3-5-11-8/h3-8H,1-2H3;3-7H,1-2H3. The Balaban J connectivity index is 0.000000141. The molecule has 0 N–H and O–H groups in total. The number of para-hydroxylation sites is 1. The van der Waals surface area contributed by atoms with Gasteiger partial charge >= 0.3 is 0 Å². The molecule has 0 aliphatic rings. The van der Waals surface area contributed by atoms with E-state index in [-0.39, 0.29) is 0 Å². The van der Waals surface area contributed by atoms with Crippen molar-refractivity contribution in [2.45, 2.75) is 39.5 Å². The summed E-state index contributed by atoms with van der Waals surface area (Å²) in [5.41, 5.74) is 2.81. The summed E-state index contributed by atoms with van der Waals surface area (Å²) in [6, 6.07) is 16.0. The first-order chi connectivity index (χ1) is 11.5. The number of rotatable bonds is 2. The Morgan fingerprint density at radius 2 is 1.38 bits per heavy atom. The minimum absolute atomic E-state index is 0.430. The van der Waals surface area contributed by atoms with Gasteiger partial charge in [-0.1, -0.05) is 45.9 Å². The maximum atomic E-state index is 5.63. The van der Waals surface area contributed by atoms with Crippen LogP contribution in [-0.2, 0) is 0 Å². The van der Waals surface area contributed by atoms with Crippen LogP contribution in [0.5, 0.6) is 0 Å². The average molecular weight is 321 g/mol. The Hall–Kier alpha value is -2.55. The molecule has 0 aliphatic carbocycles. The predicted molar refractivity (Wildman–Crippen MR) is 98.4 cm³/mol. The number of fused-ring (bicyclic) bond motifs is 2. The van der Waals surface area contributed by atoms with Crippen LogP contribution in [0.3, 0.4) is 0 Å². The number of hydrogen-bond acceptors (Lipinski definition) is 3. The lowest BCUT2D eigenvalue weighted by atomic mass is 10.1. The lowest BCUT2D eigenvalue weighted by Gasteiger charge is -1.95. The molecule has 3 heterocycles. The van der Waals surface area contributed by atoms with Gasteiger partial charge in [-0.05, 0) is 24.3 Å². The number of furan rings is 2. The molecule has 4 rings (SSSR count).